The molecule has 1 saturated heterocycles. The molecule has 0 unspecified atom stereocenters. The minimum absolute atomic E-state index is 0.190. The van der Waals surface area contributed by atoms with Gasteiger partial charge in [-0.15, -0.1) is 5.10 Å². The van der Waals surface area contributed by atoms with E-state index in [0.29, 0.717) is 0 Å². The van der Waals surface area contributed by atoms with E-state index in [0.717, 1.165) is 16.5 Å². The molecule has 2 aromatic carbocycles. The average Bonchev–Trinajstić information content (AvgIpc) is 3.20. The van der Waals surface area contributed by atoms with Crippen molar-refractivity contribution in [2.45, 2.75) is 36.9 Å². The highest BCUT2D eigenvalue weighted by atomic mass is 31.2. The molecule has 1 aliphatic heterocycles. The lowest BCUT2D eigenvalue weighted by atomic mass is 9.92. The highest BCUT2D eigenvalue weighted by molar-refractivity contribution is 7.51. The summed E-state index contributed by atoms with van der Waals surface area (Å²) in [5.41, 5.74) is 0.958. The summed E-state index contributed by atoms with van der Waals surface area (Å²) in [6, 6.07) is 13.6. The Kier molecular flexibility index (Phi) is 5.73. The van der Waals surface area contributed by atoms with E-state index in [1.165, 1.54) is 4.68 Å². The fourth-order valence-electron chi connectivity index (χ4n) is 3.58. The minimum atomic E-state index is -4.31. The van der Waals surface area contributed by atoms with Crippen LogP contribution in [0, 0.1) is 0 Å². The molecule has 0 spiro atoms. The molecule has 5 atom stereocenters. The highest BCUT2D eigenvalue weighted by Crippen LogP contribution is 2.39. The zero-order valence-corrected chi connectivity index (χ0v) is 16.7. The van der Waals surface area contributed by atoms with Crippen molar-refractivity contribution in [3.8, 4) is 5.69 Å². The quantitative estimate of drug-likeness (QED) is 0.360. The number of aliphatic hydroxyl groups excluding tert-OH is 3. The first-order chi connectivity index (χ1) is 14.2. The van der Waals surface area contributed by atoms with Crippen LogP contribution in [0.5, 0.6) is 0 Å². The molecule has 2 heterocycles. The Balaban J connectivity index is 1.58. The van der Waals surface area contributed by atoms with Gasteiger partial charge in [0.25, 0.3) is 0 Å². The van der Waals surface area contributed by atoms with E-state index in [-0.39, 0.29) is 12.1 Å². The van der Waals surface area contributed by atoms with Gasteiger partial charge in [-0.3, -0.25) is 4.57 Å². The van der Waals surface area contributed by atoms with Crippen molar-refractivity contribution in [2.24, 2.45) is 0 Å². The molecule has 0 saturated carbocycles. The van der Waals surface area contributed by atoms with Crippen molar-refractivity contribution >= 4 is 18.4 Å². The maximum Gasteiger partial charge on any atom is 0.325 e. The van der Waals surface area contributed by atoms with Gasteiger partial charge in [-0.2, -0.15) is 0 Å². The molecular weight excluding hydrogens is 413 g/mol. The third-order valence-corrected chi connectivity index (χ3v) is 6.06. The molecule has 160 valence electrons. The molecule has 1 aliphatic rings. The van der Waals surface area contributed by atoms with E-state index in [9.17, 15) is 19.9 Å². The molecule has 0 bridgehead atoms. The Morgan fingerprint density at radius 3 is 2.47 bits per heavy atom. The molecule has 5 N–H and O–H groups in total. The predicted octanol–water partition coefficient (Wildman–Crippen LogP) is 0.511. The van der Waals surface area contributed by atoms with Crippen LogP contribution in [0.15, 0.2) is 48.7 Å². The summed E-state index contributed by atoms with van der Waals surface area (Å²) in [6.45, 7) is 0. The summed E-state index contributed by atoms with van der Waals surface area (Å²) in [7, 11) is -4.31. The number of hydrogen-bond acceptors (Lipinski definition) is 7. The van der Waals surface area contributed by atoms with Gasteiger partial charge in [0.05, 0.1) is 24.2 Å². The molecule has 30 heavy (non-hydrogen) atoms. The van der Waals surface area contributed by atoms with Crippen LogP contribution in [0.1, 0.15) is 18.2 Å². The lowest BCUT2D eigenvalue weighted by Gasteiger charge is -2.40. The fourth-order valence-corrected chi connectivity index (χ4v) is 4.17. The number of hydrogen-bond donors (Lipinski definition) is 5. The molecule has 0 radical (unpaired) electrons. The SMILES string of the molecule is O=P(O)(O)CC[C@H]1O[C@H](c2cn(-c3ccc4ccccc4c3)nn2)[C@@H](O)[C@@H](O)[C@@H]1O. The molecule has 0 aliphatic carbocycles. The first kappa shape index (κ1) is 21.1. The normalized spacial score (nSPS) is 27.4. The molecular formula is C19H22N3O7P. The number of rotatable bonds is 5. The van der Waals surface area contributed by atoms with Crippen LogP contribution >= 0.6 is 7.60 Å². The number of nitrogens with zero attached hydrogens (tertiary/aromatic N) is 3. The van der Waals surface area contributed by atoms with Crippen molar-refractivity contribution in [3.05, 3.63) is 54.4 Å². The largest absolute Gasteiger partial charge is 0.388 e. The van der Waals surface area contributed by atoms with Gasteiger partial charge < -0.3 is 29.8 Å². The first-order valence-electron chi connectivity index (χ1n) is 9.38. The van der Waals surface area contributed by atoms with E-state index in [1.807, 2.05) is 42.5 Å². The van der Waals surface area contributed by atoms with Gasteiger partial charge in [0.1, 0.15) is 30.1 Å². The van der Waals surface area contributed by atoms with Crippen LogP contribution in [0.25, 0.3) is 16.5 Å². The molecule has 1 aromatic heterocycles. The van der Waals surface area contributed by atoms with Crippen LogP contribution in [-0.2, 0) is 9.30 Å². The summed E-state index contributed by atoms with van der Waals surface area (Å²) in [5, 5.41) is 40.9. The lowest BCUT2D eigenvalue weighted by Crippen LogP contribution is -2.54. The molecule has 4 rings (SSSR count). The zero-order valence-electron chi connectivity index (χ0n) is 15.8. The molecule has 3 aromatic rings. The average molecular weight is 435 g/mol. The standard InChI is InChI=1S/C19H22N3O7P/c23-16-15(7-8-30(26,27)28)29-19(18(25)17(16)24)14-10-22(21-20-14)13-6-5-11-3-1-2-4-12(11)9-13/h1-6,9-10,15-19,23-25H,7-8H2,(H2,26,27,28)/t15-,16-,17+,18+,19-/m1/s1. The summed E-state index contributed by atoms with van der Waals surface area (Å²) in [4.78, 5) is 18.2. The Labute approximate surface area is 171 Å². The second kappa shape index (κ2) is 8.16. The number of benzene rings is 2. The maximum absolute atomic E-state index is 11.2. The van der Waals surface area contributed by atoms with Gasteiger partial charge in [-0.25, -0.2) is 4.68 Å². The Morgan fingerprint density at radius 1 is 1.00 bits per heavy atom. The number of aromatic nitrogens is 3. The van der Waals surface area contributed by atoms with Gasteiger partial charge in [0, 0.05) is 0 Å². The van der Waals surface area contributed by atoms with E-state index < -0.39 is 44.3 Å². The zero-order chi connectivity index (χ0) is 21.5. The van der Waals surface area contributed by atoms with Gasteiger partial charge in [0.2, 0.25) is 0 Å². The van der Waals surface area contributed by atoms with Gasteiger partial charge >= 0.3 is 7.60 Å². The van der Waals surface area contributed by atoms with Crippen molar-refractivity contribution in [2.75, 3.05) is 6.16 Å². The van der Waals surface area contributed by atoms with Crippen LogP contribution in [-0.4, -0.2) is 70.7 Å². The van der Waals surface area contributed by atoms with Crippen LogP contribution in [0.3, 0.4) is 0 Å². The maximum atomic E-state index is 11.2. The second-order valence-electron chi connectivity index (χ2n) is 7.36. The Morgan fingerprint density at radius 2 is 1.73 bits per heavy atom. The predicted molar refractivity (Wildman–Crippen MR) is 106 cm³/mol. The lowest BCUT2D eigenvalue weighted by molar-refractivity contribution is -0.225. The first-order valence-corrected chi connectivity index (χ1v) is 11.2. The molecule has 0 amide bonds. The highest BCUT2D eigenvalue weighted by Gasteiger charge is 2.45. The third-order valence-electron chi connectivity index (χ3n) is 5.22. The smallest absolute Gasteiger partial charge is 0.325 e. The molecule has 10 nitrogen and oxygen atoms in total. The van der Waals surface area contributed by atoms with E-state index >= 15 is 0 Å². The van der Waals surface area contributed by atoms with Crippen molar-refractivity contribution in [1.29, 1.82) is 0 Å². The van der Waals surface area contributed by atoms with Crippen LogP contribution in [0.4, 0.5) is 0 Å². The monoisotopic (exact) mass is 435 g/mol. The van der Waals surface area contributed by atoms with Crippen molar-refractivity contribution in [1.82, 2.24) is 15.0 Å². The third kappa shape index (κ3) is 4.30. The van der Waals surface area contributed by atoms with Crippen molar-refractivity contribution in [3.63, 3.8) is 0 Å². The summed E-state index contributed by atoms with van der Waals surface area (Å²) < 4.78 is 18.3. The number of fused-ring (bicyclic) bond motifs is 1. The van der Waals surface area contributed by atoms with Gasteiger partial charge in [0.15, 0.2) is 0 Å². The van der Waals surface area contributed by atoms with Crippen molar-refractivity contribution < 1.29 is 34.4 Å². The Hall–Kier alpha value is -2.17. The fraction of sp³-hybridized carbons (Fsp3) is 0.368. The summed E-state index contributed by atoms with van der Waals surface area (Å²) >= 11 is 0. The summed E-state index contributed by atoms with van der Waals surface area (Å²) in [6.07, 6.45) is -5.88. The summed E-state index contributed by atoms with van der Waals surface area (Å²) in [5.74, 6) is 0. The van der Waals surface area contributed by atoms with Gasteiger partial charge in [-0.1, -0.05) is 35.5 Å². The van der Waals surface area contributed by atoms with E-state index in [2.05, 4.69) is 10.3 Å². The number of aliphatic hydroxyl groups is 3. The van der Waals surface area contributed by atoms with E-state index in [4.69, 9.17) is 14.5 Å². The number of ether oxygens (including phenoxy) is 1. The Bertz CT molecular complexity index is 1080. The molecule has 11 heteroatoms. The second-order valence-corrected chi connectivity index (χ2v) is 9.14. The topological polar surface area (TPSA) is 158 Å². The van der Waals surface area contributed by atoms with E-state index in [1.54, 1.807) is 6.20 Å². The van der Waals surface area contributed by atoms with Crippen LogP contribution in [0.2, 0.25) is 0 Å². The molecule has 1 fully saturated rings. The minimum Gasteiger partial charge on any atom is -0.388 e. The van der Waals surface area contributed by atoms with Gasteiger partial charge in [-0.05, 0) is 29.3 Å². The van der Waals surface area contributed by atoms with Crippen LogP contribution < -0.4 is 0 Å².